The van der Waals surface area contributed by atoms with Crippen LogP contribution < -0.4 is 25.8 Å². The molecule has 1 aromatic carbocycles. The number of nitrogens with one attached hydrogen (secondary N) is 1. The molecular weight excluding hydrogens is 454 g/mol. The van der Waals surface area contributed by atoms with Gasteiger partial charge in [-0.1, -0.05) is 12.1 Å². The molecule has 0 spiro atoms. The number of thiazole rings is 1. The number of hydrogen-bond acceptors (Lipinski definition) is 8. The molecule has 0 unspecified atom stereocenters. The van der Waals surface area contributed by atoms with E-state index in [2.05, 4.69) is 21.1 Å². The van der Waals surface area contributed by atoms with Gasteiger partial charge in [-0.15, -0.1) is 11.3 Å². The lowest BCUT2D eigenvalue weighted by molar-refractivity contribution is -0.133. The second kappa shape index (κ2) is 9.17. The van der Waals surface area contributed by atoms with Gasteiger partial charge in [-0.05, 0) is 42.3 Å². The molecule has 0 saturated heterocycles. The minimum Gasteiger partial charge on any atom is -0.466 e. The number of methoxy groups -OCH3 is 1. The highest BCUT2D eigenvalue weighted by Gasteiger charge is 2.35. The van der Waals surface area contributed by atoms with Crippen LogP contribution in [0.1, 0.15) is 17.0 Å². The van der Waals surface area contributed by atoms with E-state index < -0.39 is 23.4 Å². The van der Waals surface area contributed by atoms with Crippen LogP contribution in [0.15, 0.2) is 59.2 Å². The monoisotopic (exact) mass is 473 g/mol. The number of anilines is 1. The highest BCUT2D eigenvalue weighted by atomic mass is 32.1. The molecule has 0 radical (unpaired) electrons. The number of carbonyl (C=O) groups excluding carboxylic acids is 2. The number of benzene rings is 1. The first-order valence-corrected chi connectivity index (χ1v) is 10.9. The van der Waals surface area contributed by atoms with E-state index in [4.69, 9.17) is 5.73 Å². The van der Waals surface area contributed by atoms with E-state index in [0.29, 0.717) is 11.3 Å². The van der Waals surface area contributed by atoms with Gasteiger partial charge in [-0.2, -0.15) is 5.26 Å². The van der Waals surface area contributed by atoms with Crippen molar-refractivity contribution >= 4 is 46.4 Å². The standard InChI is InChI=1S/C24H19N5O4S/c1-13-4-3-5-15(10-13)28-22(31)20-19(14-6-8-27-9-7-14)16(12-25)21(26)29-23(32)17(34-24(20)29)11-18(30)33-2/h3-11,19H,26H2,1-2H3,(H,28,31)/b17-11-/t19-/m0/s1. The zero-order valence-corrected chi connectivity index (χ0v) is 19.1. The number of esters is 1. The Kier molecular flexibility index (Phi) is 6.12. The summed E-state index contributed by atoms with van der Waals surface area (Å²) in [5, 5.41) is 12.8. The molecule has 1 aliphatic rings. The number of rotatable bonds is 4. The number of hydrogen-bond donors (Lipinski definition) is 2. The van der Waals surface area contributed by atoms with E-state index in [-0.39, 0.29) is 26.2 Å². The SMILES string of the molecule is COC(=O)/C=c1\sc2n(c1=O)C(N)=C(C#N)[C@H](c1ccncc1)C=2C(=O)Nc1cccc(C)c1. The zero-order valence-electron chi connectivity index (χ0n) is 18.2. The van der Waals surface area contributed by atoms with Crippen LogP contribution in [0.4, 0.5) is 5.69 Å². The molecule has 3 heterocycles. The van der Waals surface area contributed by atoms with Gasteiger partial charge in [-0.25, -0.2) is 4.79 Å². The molecule has 0 saturated carbocycles. The number of ether oxygens (including phenoxy) is 1. The van der Waals surface area contributed by atoms with E-state index in [9.17, 15) is 19.6 Å². The van der Waals surface area contributed by atoms with Gasteiger partial charge in [0.1, 0.15) is 15.0 Å². The smallest absolute Gasteiger partial charge is 0.332 e. The fourth-order valence-electron chi connectivity index (χ4n) is 3.74. The molecular formula is C24H19N5O4S. The third kappa shape index (κ3) is 4.00. The summed E-state index contributed by atoms with van der Waals surface area (Å²) in [4.78, 5) is 42.6. The third-order valence-electron chi connectivity index (χ3n) is 5.28. The number of pyridine rings is 1. The third-order valence-corrected chi connectivity index (χ3v) is 6.39. The van der Waals surface area contributed by atoms with Crippen molar-refractivity contribution in [3.63, 3.8) is 0 Å². The van der Waals surface area contributed by atoms with E-state index in [1.54, 1.807) is 42.7 Å². The summed E-state index contributed by atoms with van der Waals surface area (Å²) >= 11 is 0.927. The number of allylic oxidation sites excluding steroid dienone is 1. The molecule has 1 aliphatic heterocycles. The van der Waals surface area contributed by atoms with Crippen LogP contribution in [-0.2, 0) is 14.3 Å². The molecule has 9 nitrogen and oxygen atoms in total. The van der Waals surface area contributed by atoms with Gasteiger partial charge in [0.05, 0.1) is 30.2 Å². The molecule has 0 fully saturated rings. The highest BCUT2D eigenvalue weighted by molar-refractivity contribution is 7.07. The minimum atomic E-state index is -0.846. The predicted octanol–water partition coefficient (Wildman–Crippen LogP) is 0.804. The first kappa shape index (κ1) is 22.7. The van der Waals surface area contributed by atoms with Crippen LogP contribution in [0.25, 0.3) is 17.5 Å². The van der Waals surface area contributed by atoms with Crippen molar-refractivity contribution in [1.29, 1.82) is 5.26 Å². The number of fused-ring (bicyclic) bond motifs is 1. The summed E-state index contributed by atoms with van der Waals surface area (Å²) in [6.07, 6.45) is 4.13. The number of nitrogens with two attached hydrogens (primary N) is 1. The molecule has 3 N–H and O–H groups in total. The van der Waals surface area contributed by atoms with Crippen LogP contribution in [0.2, 0.25) is 0 Å². The molecule has 34 heavy (non-hydrogen) atoms. The Bertz CT molecular complexity index is 1560. The normalized spacial score (nSPS) is 15.5. The Morgan fingerprint density at radius 3 is 2.68 bits per heavy atom. The van der Waals surface area contributed by atoms with E-state index in [0.717, 1.165) is 27.5 Å². The summed E-state index contributed by atoms with van der Waals surface area (Å²) < 4.78 is 5.99. The van der Waals surface area contributed by atoms with Crippen molar-refractivity contribution in [2.45, 2.75) is 12.8 Å². The lowest BCUT2D eigenvalue weighted by atomic mass is 9.84. The van der Waals surface area contributed by atoms with Crippen molar-refractivity contribution in [1.82, 2.24) is 9.55 Å². The predicted molar refractivity (Wildman–Crippen MR) is 128 cm³/mol. The molecule has 170 valence electrons. The molecule has 3 aromatic rings. The topological polar surface area (TPSA) is 140 Å². The zero-order chi connectivity index (χ0) is 24.4. The van der Waals surface area contributed by atoms with Gasteiger partial charge in [0.2, 0.25) is 0 Å². The number of nitrogens with zero attached hydrogens (tertiary/aromatic N) is 3. The van der Waals surface area contributed by atoms with Gasteiger partial charge < -0.3 is 15.8 Å². The van der Waals surface area contributed by atoms with Gasteiger partial charge >= 0.3 is 5.97 Å². The molecule has 1 atom stereocenters. The van der Waals surface area contributed by atoms with E-state index >= 15 is 0 Å². The maximum Gasteiger partial charge on any atom is 0.332 e. The Morgan fingerprint density at radius 1 is 1.29 bits per heavy atom. The quantitative estimate of drug-likeness (QED) is 0.534. The Morgan fingerprint density at radius 2 is 2.03 bits per heavy atom. The Balaban J connectivity index is 2.05. The lowest BCUT2D eigenvalue weighted by Gasteiger charge is -2.25. The van der Waals surface area contributed by atoms with Crippen molar-refractivity contribution in [2.24, 2.45) is 5.73 Å². The molecule has 2 aromatic heterocycles. The number of aromatic nitrogens is 2. The van der Waals surface area contributed by atoms with E-state index in [1.165, 1.54) is 7.11 Å². The number of aryl methyl sites for hydroxylation is 1. The number of nitriles is 1. The van der Waals surface area contributed by atoms with Crippen molar-refractivity contribution < 1.29 is 14.3 Å². The molecule has 0 aliphatic carbocycles. The molecule has 10 heteroatoms. The van der Waals surface area contributed by atoms with Gasteiger partial charge in [0.15, 0.2) is 0 Å². The Hall–Kier alpha value is -4.49. The summed E-state index contributed by atoms with van der Waals surface area (Å²) in [5.41, 5.74) is 7.96. The lowest BCUT2D eigenvalue weighted by Crippen LogP contribution is -2.40. The summed E-state index contributed by atoms with van der Waals surface area (Å²) in [6.45, 7) is 1.90. The highest BCUT2D eigenvalue weighted by Crippen LogP contribution is 2.36. The Labute approximate surface area is 197 Å². The second-order valence-electron chi connectivity index (χ2n) is 7.44. The summed E-state index contributed by atoms with van der Waals surface area (Å²) in [6, 6.07) is 12.7. The van der Waals surface area contributed by atoms with Crippen LogP contribution in [0.5, 0.6) is 0 Å². The number of carbonyl (C=O) groups is 2. The maximum absolute atomic E-state index is 13.6. The molecule has 4 rings (SSSR count). The van der Waals surface area contributed by atoms with E-state index in [1.807, 2.05) is 13.0 Å². The first-order chi connectivity index (χ1) is 16.3. The largest absolute Gasteiger partial charge is 0.466 e. The average Bonchev–Trinajstić information content (AvgIpc) is 3.15. The van der Waals surface area contributed by atoms with Crippen LogP contribution in [0.3, 0.4) is 0 Å². The van der Waals surface area contributed by atoms with Gasteiger partial charge in [0.25, 0.3) is 11.5 Å². The fraction of sp³-hybridized carbons (Fsp3) is 0.125. The van der Waals surface area contributed by atoms with Crippen molar-refractivity contribution in [2.75, 3.05) is 12.4 Å². The van der Waals surface area contributed by atoms with Gasteiger partial charge in [0, 0.05) is 24.2 Å². The van der Waals surface area contributed by atoms with Crippen LogP contribution >= 0.6 is 11.3 Å². The fourth-order valence-corrected chi connectivity index (χ4v) is 4.88. The maximum atomic E-state index is 13.6. The number of amides is 1. The summed E-state index contributed by atoms with van der Waals surface area (Å²) in [5.74, 6) is -2.18. The van der Waals surface area contributed by atoms with Crippen LogP contribution in [0, 0.1) is 18.3 Å². The average molecular weight is 474 g/mol. The minimum absolute atomic E-state index is 0.0262. The molecule has 1 amide bonds. The van der Waals surface area contributed by atoms with Crippen molar-refractivity contribution in [3.8, 4) is 6.07 Å². The first-order valence-electron chi connectivity index (χ1n) is 10.1. The van der Waals surface area contributed by atoms with Crippen LogP contribution in [-0.4, -0.2) is 28.5 Å². The second-order valence-corrected chi connectivity index (χ2v) is 8.47. The van der Waals surface area contributed by atoms with Crippen molar-refractivity contribution in [3.05, 3.63) is 85.0 Å². The summed E-state index contributed by atoms with van der Waals surface area (Å²) in [7, 11) is 1.19. The van der Waals surface area contributed by atoms with Gasteiger partial charge in [-0.3, -0.25) is 19.1 Å². The molecule has 0 bridgehead atoms.